The molecule has 21 heavy (non-hydrogen) atoms. The van der Waals surface area contributed by atoms with Gasteiger partial charge in [-0.2, -0.15) is 0 Å². The molecule has 2 aromatic rings. The average molecular weight is 369 g/mol. The molecular formula is C16H15BrClNO2. The van der Waals surface area contributed by atoms with E-state index in [9.17, 15) is 0 Å². The van der Waals surface area contributed by atoms with Crippen LogP contribution in [0.1, 0.15) is 11.1 Å². The molecule has 5 heteroatoms. The molecule has 0 aliphatic carbocycles. The van der Waals surface area contributed by atoms with Gasteiger partial charge in [0.1, 0.15) is 0 Å². The first-order valence-electron chi connectivity index (χ1n) is 6.27. The summed E-state index contributed by atoms with van der Waals surface area (Å²) < 4.78 is 11.4. The molecule has 110 valence electrons. The van der Waals surface area contributed by atoms with Crippen LogP contribution >= 0.6 is 27.5 Å². The van der Waals surface area contributed by atoms with Gasteiger partial charge in [0.15, 0.2) is 11.5 Å². The summed E-state index contributed by atoms with van der Waals surface area (Å²) in [6.45, 7) is 1.96. The lowest BCUT2D eigenvalue weighted by atomic mass is 10.2. The van der Waals surface area contributed by atoms with Crippen LogP contribution in [0.15, 0.2) is 39.8 Å². The highest BCUT2D eigenvalue weighted by Gasteiger charge is 2.08. The number of methoxy groups -OCH3 is 2. The van der Waals surface area contributed by atoms with Crippen molar-refractivity contribution in [1.29, 1.82) is 0 Å². The summed E-state index contributed by atoms with van der Waals surface area (Å²) in [6.07, 6.45) is 1.76. The lowest BCUT2D eigenvalue weighted by Crippen LogP contribution is -1.93. The minimum atomic E-state index is 0.657. The zero-order valence-electron chi connectivity index (χ0n) is 12.0. The maximum absolute atomic E-state index is 6.09. The third-order valence-corrected chi connectivity index (χ3v) is 4.10. The number of ether oxygens (including phenoxy) is 2. The van der Waals surface area contributed by atoms with E-state index >= 15 is 0 Å². The molecule has 0 aromatic heterocycles. The topological polar surface area (TPSA) is 30.8 Å². The Kier molecular flexibility index (Phi) is 5.26. The van der Waals surface area contributed by atoms with E-state index in [0.717, 1.165) is 21.3 Å². The molecule has 2 rings (SSSR count). The molecule has 0 heterocycles. The molecule has 2 aromatic carbocycles. The predicted molar refractivity (Wildman–Crippen MR) is 90.7 cm³/mol. The smallest absolute Gasteiger partial charge is 0.161 e. The fourth-order valence-electron chi connectivity index (χ4n) is 1.77. The Morgan fingerprint density at radius 2 is 1.76 bits per heavy atom. The van der Waals surface area contributed by atoms with Crippen LogP contribution in [0.5, 0.6) is 11.5 Å². The molecule has 0 aliphatic heterocycles. The molecule has 0 amide bonds. The summed E-state index contributed by atoms with van der Waals surface area (Å²) in [7, 11) is 3.21. The van der Waals surface area contributed by atoms with Crippen molar-refractivity contribution < 1.29 is 9.47 Å². The molecule has 0 saturated heterocycles. The second kappa shape index (κ2) is 6.96. The lowest BCUT2D eigenvalue weighted by molar-refractivity contribution is 0.354. The molecule has 0 bridgehead atoms. The van der Waals surface area contributed by atoms with Crippen molar-refractivity contribution in [3.05, 3.63) is 51.0 Å². The quantitative estimate of drug-likeness (QED) is 0.696. The number of hydrogen-bond donors (Lipinski definition) is 0. The highest BCUT2D eigenvalue weighted by atomic mass is 79.9. The van der Waals surface area contributed by atoms with Gasteiger partial charge in [0.25, 0.3) is 0 Å². The molecule has 0 atom stereocenters. The Labute approximate surface area is 137 Å². The minimum absolute atomic E-state index is 0.657. The van der Waals surface area contributed by atoms with Gasteiger partial charge in [-0.25, -0.2) is 0 Å². The van der Waals surface area contributed by atoms with E-state index in [1.165, 1.54) is 0 Å². The first-order chi connectivity index (χ1) is 10.0. The van der Waals surface area contributed by atoms with Gasteiger partial charge in [-0.1, -0.05) is 17.7 Å². The van der Waals surface area contributed by atoms with E-state index in [0.29, 0.717) is 16.5 Å². The van der Waals surface area contributed by atoms with Crippen LogP contribution in [0.25, 0.3) is 0 Å². The van der Waals surface area contributed by atoms with Crippen LogP contribution in [-0.2, 0) is 0 Å². The highest BCUT2D eigenvalue weighted by molar-refractivity contribution is 9.10. The molecule has 0 aliphatic rings. The van der Waals surface area contributed by atoms with E-state index in [1.54, 1.807) is 20.4 Å². The SMILES string of the molecule is COc1cc(Br)c(C=Nc2ccc(C)c(Cl)c2)cc1OC. The third kappa shape index (κ3) is 3.77. The highest BCUT2D eigenvalue weighted by Crippen LogP contribution is 2.33. The summed E-state index contributed by atoms with van der Waals surface area (Å²) in [5.41, 5.74) is 2.72. The largest absolute Gasteiger partial charge is 0.493 e. The van der Waals surface area contributed by atoms with Crippen molar-refractivity contribution >= 4 is 39.4 Å². The summed E-state index contributed by atoms with van der Waals surface area (Å²) in [4.78, 5) is 4.43. The normalized spacial score (nSPS) is 10.9. The van der Waals surface area contributed by atoms with E-state index in [2.05, 4.69) is 20.9 Å². The van der Waals surface area contributed by atoms with E-state index in [-0.39, 0.29) is 0 Å². The van der Waals surface area contributed by atoms with Gasteiger partial charge in [-0.15, -0.1) is 0 Å². The average Bonchev–Trinajstić information content (AvgIpc) is 2.49. The van der Waals surface area contributed by atoms with Gasteiger partial charge in [-0.3, -0.25) is 4.99 Å². The van der Waals surface area contributed by atoms with Crippen molar-refractivity contribution in [2.24, 2.45) is 4.99 Å². The third-order valence-electron chi connectivity index (χ3n) is 3.01. The molecule has 3 nitrogen and oxygen atoms in total. The maximum atomic E-state index is 6.09. The Balaban J connectivity index is 2.34. The molecule has 0 saturated carbocycles. The number of nitrogens with zero attached hydrogens (tertiary/aromatic N) is 1. The van der Waals surface area contributed by atoms with E-state index < -0.39 is 0 Å². The van der Waals surface area contributed by atoms with Crippen molar-refractivity contribution in [3.8, 4) is 11.5 Å². The number of halogens is 2. The van der Waals surface area contributed by atoms with Gasteiger partial charge in [-0.05, 0) is 52.7 Å². The number of hydrogen-bond acceptors (Lipinski definition) is 3. The van der Waals surface area contributed by atoms with Gasteiger partial charge >= 0.3 is 0 Å². The number of benzene rings is 2. The zero-order valence-corrected chi connectivity index (χ0v) is 14.3. The van der Waals surface area contributed by atoms with Crippen LogP contribution < -0.4 is 9.47 Å². The van der Waals surface area contributed by atoms with Gasteiger partial charge in [0, 0.05) is 21.3 Å². The summed E-state index contributed by atoms with van der Waals surface area (Å²) >= 11 is 9.59. The molecule has 0 radical (unpaired) electrons. The van der Waals surface area contributed by atoms with Crippen LogP contribution in [-0.4, -0.2) is 20.4 Å². The molecule has 0 fully saturated rings. The van der Waals surface area contributed by atoms with Gasteiger partial charge in [0.2, 0.25) is 0 Å². The number of rotatable bonds is 4. The Bertz CT molecular complexity index is 686. The lowest BCUT2D eigenvalue weighted by Gasteiger charge is -2.09. The first kappa shape index (κ1) is 15.9. The first-order valence-corrected chi connectivity index (χ1v) is 7.44. The Morgan fingerprint density at radius 3 is 2.38 bits per heavy atom. The van der Waals surface area contributed by atoms with Crippen molar-refractivity contribution in [2.75, 3.05) is 14.2 Å². The monoisotopic (exact) mass is 367 g/mol. The van der Waals surface area contributed by atoms with Gasteiger partial charge in [0.05, 0.1) is 19.9 Å². The fraction of sp³-hybridized carbons (Fsp3) is 0.188. The second-order valence-electron chi connectivity index (χ2n) is 4.42. The zero-order chi connectivity index (χ0) is 15.4. The molecule has 0 N–H and O–H groups in total. The van der Waals surface area contributed by atoms with Crippen molar-refractivity contribution in [3.63, 3.8) is 0 Å². The van der Waals surface area contributed by atoms with Crippen LogP contribution in [0.2, 0.25) is 5.02 Å². The number of aliphatic imine (C=N–C) groups is 1. The van der Waals surface area contributed by atoms with E-state index in [4.69, 9.17) is 21.1 Å². The maximum Gasteiger partial charge on any atom is 0.161 e. The number of aryl methyl sites for hydroxylation is 1. The van der Waals surface area contributed by atoms with Crippen LogP contribution in [0, 0.1) is 6.92 Å². The molecule has 0 spiro atoms. The summed E-state index contributed by atoms with van der Waals surface area (Å²) in [5, 5.41) is 0.705. The van der Waals surface area contributed by atoms with Gasteiger partial charge < -0.3 is 9.47 Å². The van der Waals surface area contributed by atoms with Crippen LogP contribution in [0.4, 0.5) is 5.69 Å². The molecule has 0 unspecified atom stereocenters. The summed E-state index contributed by atoms with van der Waals surface area (Å²) in [5.74, 6) is 1.32. The Hall–Kier alpha value is -1.52. The predicted octanol–water partition coefficient (Wildman–Crippen LogP) is 5.18. The minimum Gasteiger partial charge on any atom is -0.493 e. The van der Waals surface area contributed by atoms with Crippen molar-refractivity contribution in [2.45, 2.75) is 6.92 Å². The summed E-state index contributed by atoms with van der Waals surface area (Å²) in [6, 6.07) is 9.41. The second-order valence-corrected chi connectivity index (χ2v) is 5.68. The standard InChI is InChI=1S/C16H15BrClNO2/c1-10-4-5-12(7-14(10)18)19-9-11-6-15(20-2)16(21-3)8-13(11)17/h4-9H,1-3H3. The van der Waals surface area contributed by atoms with Crippen LogP contribution in [0.3, 0.4) is 0 Å². The fourth-order valence-corrected chi connectivity index (χ4v) is 2.37. The molecular weight excluding hydrogens is 354 g/mol. The van der Waals surface area contributed by atoms with E-state index in [1.807, 2.05) is 37.3 Å². The Morgan fingerprint density at radius 1 is 1.10 bits per heavy atom. The van der Waals surface area contributed by atoms with Crippen molar-refractivity contribution in [1.82, 2.24) is 0 Å².